The average Bonchev–Trinajstić information content (AvgIpc) is 2.90. The molecule has 2 aromatic rings. The molecule has 1 aromatic carbocycles. The monoisotopic (exact) mass is 404 g/mol. The smallest absolute Gasteiger partial charge is 0.121 e. The summed E-state index contributed by atoms with van der Waals surface area (Å²) in [5.41, 5.74) is 2.33. The lowest BCUT2D eigenvalue weighted by Crippen LogP contribution is -2.04. The van der Waals surface area contributed by atoms with Crippen LogP contribution >= 0.6 is 43.4 Å². The van der Waals surface area contributed by atoms with Crippen LogP contribution in [0.25, 0.3) is 10.2 Å². The normalized spacial score (nSPS) is 13.1. The van der Waals surface area contributed by atoms with E-state index in [1.807, 2.05) is 0 Å². The molecule has 0 fully saturated rings. The Morgan fingerprint density at radius 3 is 2.79 bits per heavy atom. The van der Waals surface area contributed by atoms with Crippen LogP contribution in [0.4, 0.5) is 0 Å². The molecule has 0 saturated carbocycles. The summed E-state index contributed by atoms with van der Waals surface area (Å²) in [6.07, 6.45) is 6.25. The Hall–Kier alpha value is -0.000000000000000111. The van der Waals surface area contributed by atoms with Gasteiger partial charge in [-0.05, 0) is 67.4 Å². The standard InChI is InChI=1S/C14H18Br2N2S/c1-3-5-6-9(4-2)7-10-8-11(15)14-13(12(10)16)17-18-19-14/h8-9H,3-7H2,1-2H3. The molecule has 1 atom stereocenters. The van der Waals surface area contributed by atoms with Gasteiger partial charge in [-0.15, -0.1) is 5.10 Å². The van der Waals surface area contributed by atoms with E-state index in [1.165, 1.54) is 42.8 Å². The Morgan fingerprint density at radius 1 is 1.32 bits per heavy atom. The third-order valence-corrected chi connectivity index (χ3v) is 6.08. The molecule has 0 aliphatic rings. The average molecular weight is 406 g/mol. The largest absolute Gasteiger partial charge is 0.137 e. The molecule has 0 radical (unpaired) electrons. The van der Waals surface area contributed by atoms with Crippen LogP contribution in [0.3, 0.4) is 0 Å². The lowest BCUT2D eigenvalue weighted by Gasteiger charge is -2.16. The van der Waals surface area contributed by atoms with Gasteiger partial charge in [0.2, 0.25) is 0 Å². The molecule has 1 heterocycles. The molecule has 104 valence electrons. The van der Waals surface area contributed by atoms with E-state index < -0.39 is 0 Å². The summed E-state index contributed by atoms with van der Waals surface area (Å²) in [4.78, 5) is 0. The molecule has 2 rings (SSSR count). The fourth-order valence-corrected chi connectivity index (χ4v) is 4.27. The molecule has 0 N–H and O–H groups in total. The van der Waals surface area contributed by atoms with Crippen LogP contribution in [0.2, 0.25) is 0 Å². The molecule has 0 aliphatic heterocycles. The first-order chi connectivity index (χ1) is 9.17. The van der Waals surface area contributed by atoms with Crippen molar-refractivity contribution in [3.05, 3.63) is 20.6 Å². The molecule has 0 saturated heterocycles. The number of nitrogens with zero attached hydrogens (tertiary/aromatic N) is 2. The molecular weight excluding hydrogens is 388 g/mol. The van der Waals surface area contributed by atoms with Crippen molar-refractivity contribution >= 4 is 53.6 Å². The number of hydrogen-bond acceptors (Lipinski definition) is 3. The van der Waals surface area contributed by atoms with Gasteiger partial charge >= 0.3 is 0 Å². The van der Waals surface area contributed by atoms with E-state index >= 15 is 0 Å². The number of halogens is 2. The highest BCUT2D eigenvalue weighted by molar-refractivity contribution is 9.11. The van der Waals surface area contributed by atoms with Gasteiger partial charge in [0.1, 0.15) is 5.52 Å². The number of rotatable bonds is 6. The second kappa shape index (κ2) is 7.14. The van der Waals surface area contributed by atoms with Crippen molar-refractivity contribution in [2.75, 3.05) is 0 Å². The predicted octanol–water partition coefficient (Wildman–Crippen LogP) is 5.98. The minimum atomic E-state index is 0.757. The van der Waals surface area contributed by atoms with E-state index in [9.17, 15) is 0 Å². The van der Waals surface area contributed by atoms with Crippen LogP contribution in [0.5, 0.6) is 0 Å². The van der Waals surface area contributed by atoms with Gasteiger partial charge < -0.3 is 0 Å². The minimum Gasteiger partial charge on any atom is -0.137 e. The van der Waals surface area contributed by atoms with Crippen molar-refractivity contribution in [1.29, 1.82) is 0 Å². The summed E-state index contributed by atoms with van der Waals surface area (Å²) >= 11 is 8.78. The summed E-state index contributed by atoms with van der Waals surface area (Å²) in [6.45, 7) is 4.54. The summed E-state index contributed by atoms with van der Waals surface area (Å²) < 4.78 is 7.40. The van der Waals surface area contributed by atoms with Crippen molar-refractivity contribution in [2.45, 2.75) is 46.0 Å². The molecule has 2 nitrogen and oxygen atoms in total. The zero-order chi connectivity index (χ0) is 13.8. The van der Waals surface area contributed by atoms with Gasteiger partial charge in [-0.3, -0.25) is 0 Å². The maximum Gasteiger partial charge on any atom is 0.121 e. The number of unbranched alkanes of at least 4 members (excludes halogenated alkanes) is 1. The number of benzene rings is 1. The van der Waals surface area contributed by atoms with Crippen molar-refractivity contribution in [3.8, 4) is 0 Å². The van der Waals surface area contributed by atoms with Crippen molar-refractivity contribution in [3.63, 3.8) is 0 Å². The van der Waals surface area contributed by atoms with Gasteiger partial charge in [0.25, 0.3) is 0 Å². The van der Waals surface area contributed by atoms with Gasteiger partial charge in [0, 0.05) is 8.95 Å². The zero-order valence-corrected chi connectivity index (χ0v) is 15.2. The van der Waals surface area contributed by atoms with Gasteiger partial charge in [0.05, 0.1) is 4.70 Å². The lowest BCUT2D eigenvalue weighted by atomic mass is 9.92. The summed E-state index contributed by atoms with van der Waals surface area (Å²) in [7, 11) is 0. The SMILES string of the molecule is CCCCC(CC)Cc1cc(Br)c2snnc2c1Br. The Kier molecular flexibility index (Phi) is 5.78. The van der Waals surface area contributed by atoms with Crippen molar-refractivity contribution < 1.29 is 0 Å². The second-order valence-electron chi connectivity index (χ2n) is 4.90. The van der Waals surface area contributed by atoms with Crippen molar-refractivity contribution in [2.24, 2.45) is 5.92 Å². The maximum absolute atomic E-state index is 4.23. The zero-order valence-electron chi connectivity index (χ0n) is 11.2. The third kappa shape index (κ3) is 3.56. The molecule has 5 heteroatoms. The molecular formula is C14H18Br2N2S. The molecule has 0 aliphatic carbocycles. The van der Waals surface area contributed by atoms with Crippen LogP contribution in [-0.4, -0.2) is 9.59 Å². The number of fused-ring (bicyclic) bond motifs is 1. The van der Waals surface area contributed by atoms with Crippen LogP contribution < -0.4 is 0 Å². The Labute approximate surface area is 135 Å². The van der Waals surface area contributed by atoms with Crippen LogP contribution in [0.15, 0.2) is 15.0 Å². The van der Waals surface area contributed by atoms with E-state index in [-0.39, 0.29) is 0 Å². The topological polar surface area (TPSA) is 25.8 Å². The summed E-state index contributed by atoms with van der Waals surface area (Å²) in [5, 5.41) is 4.23. The molecule has 1 unspecified atom stereocenters. The molecule has 0 spiro atoms. The first-order valence-electron chi connectivity index (χ1n) is 6.76. The fraction of sp³-hybridized carbons (Fsp3) is 0.571. The first kappa shape index (κ1) is 15.4. The highest BCUT2D eigenvalue weighted by Crippen LogP contribution is 2.36. The third-order valence-electron chi connectivity index (χ3n) is 3.55. The highest BCUT2D eigenvalue weighted by Gasteiger charge is 2.15. The second-order valence-corrected chi connectivity index (χ2v) is 7.30. The Bertz CT molecular complexity index is 554. The van der Waals surface area contributed by atoms with Gasteiger partial charge in [0.15, 0.2) is 0 Å². The molecule has 0 bridgehead atoms. The van der Waals surface area contributed by atoms with E-state index in [1.54, 1.807) is 0 Å². The fourth-order valence-electron chi connectivity index (χ4n) is 2.33. The van der Waals surface area contributed by atoms with Crippen LogP contribution in [-0.2, 0) is 6.42 Å². The molecule has 0 amide bonds. The predicted molar refractivity (Wildman–Crippen MR) is 89.8 cm³/mol. The summed E-state index contributed by atoms with van der Waals surface area (Å²) in [5.74, 6) is 0.757. The van der Waals surface area contributed by atoms with E-state index in [4.69, 9.17) is 0 Å². The van der Waals surface area contributed by atoms with Crippen molar-refractivity contribution in [1.82, 2.24) is 9.59 Å². The van der Waals surface area contributed by atoms with Crippen LogP contribution in [0.1, 0.15) is 45.1 Å². The van der Waals surface area contributed by atoms with Gasteiger partial charge in [-0.1, -0.05) is 44.0 Å². The van der Waals surface area contributed by atoms with E-state index in [2.05, 4.69) is 61.4 Å². The quantitative estimate of drug-likeness (QED) is 0.590. The lowest BCUT2D eigenvalue weighted by molar-refractivity contribution is 0.448. The first-order valence-corrected chi connectivity index (χ1v) is 9.12. The van der Waals surface area contributed by atoms with Gasteiger partial charge in [-0.25, -0.2) is 0 Å². The van der Waals surface area contributed by atoms with E-state index in [0.29, 0.717) is 0 Å². The van der Waals surface area contributed by atoms with Gasteiger partial charge in [-0.2, -0.15) is 0 Å². The van der Waals surface area contributed by atoms with E-state index in [0.717, 1.165) is 31.5 Å². The Morgan fingerprint density at radius 2 is 2.11 bits per heavy atom. The Balaban J connectivity index is 2.26. The molecule has 1 aromatic heterocycles. The maximum atomic E-state index is 4.23. The summed E-state index contributed by atoms with van der Waals surface area (Å²) in [6, 6.07) is 2.22. The number of hydrogen-bond donors (Lipinski definition) is 0. The minimum absolute atomic E-state index is 0.757. The van der Waals surface area contributed by atoms with Crippen LogP contribution in [0, 0.1) is 5.92 Å². The number of aromatic nitrogens is 2. The molecule has 19 heavy (non-hydrogen) atoms. The highest BCUT2D eigenvalue weighted by atomic mass is 79.9.